The van der Waals surface area contributed by atoms with Crippen LogP contribution in [0.1, 0.15) is 56.3 Å². The molecular weight excluding hydrogens is 516 g/mol. The van der Waals surface area contributed by atoms with Crippen molar-refractivity contribution in [1.82, 2.24) is 14.5 Å². The molecule has 1 fully saturated rings. The van der Waals surface area contributed by atoms with E-state index >= 15 is 0 Å². The number of anilines is 1. The number of hydrogen-bond acceptors (Lipinski definition) is 8. The van der Waals surface area contributed by atoms with Crippen LogP contribution in [0.5, 0.6) is 0 Å². The average molecular weight is 547 g/mol. The Balaban J connectivity index is 1.44. The topological polar surface area (TPSA) is 140 Å². The van der Waals surface area contributed by atoms with Crippen molar-refractivity contribution < 1.29 is 26.0 Å². The molecule has 12 heteroatoms. The summed E-state index contributed by atoms with van der Waals surface area (Å²) in [4.78, 5) is 13.0. The molecule has 0 unspecified atom stereocenters. The van der Waals surface area contributed by atoms with E-state index in [-0.39, 0.29) is 39.1 Å². The second kappa shape index (κ2) is 11.1. The Morgan fingerprint density at radius 3 is 2.14 bits per heavy atom. The van der Waals surface area contributed by atoms with Gasteiger partial charge >= 0.3 is 6.01 Å². The van der Waals surface area contributed by atoms with Crippen molar-refractivity contribution in [2.45, 2.75) is 61.8 Å². The van der Waals surface area contributed by atoms with Gasteiger partial charge in [-0.1, -0.05) is 38.2 Å². The molecule has 1 amide bonds. The average Bonchev–Trinajstić information content (AvgIpc) is 3.38. The quantitative estimate of drug-likeness (QED) is 0.423. The fraction of sp³-hybridized carbons (Fsp3) is 0.400. The Hall–Kier alpha value is -3.09. The first-order valence-electron chi connectivity index (χ1n) is 12.3. The molecule has 2 aromatic carbocycles. The van der Waals surface area contributed by atoms with Crippen molar-refractivity contribution in [3.8, 4) is 11.5 Å². The Labute approximate surface area is 217 Å². The van der Waals surface area contributed by atoms with Crippen molar-refractivity contribution in [3.05, 3.63) is 54.1 Å². The van der Waals surface area contributed by atoms with E-state index in [0.717, 1.165) is 32.1 Å². The van der Waals surface area contributed by atoms with Gasteiger partial charge in [-0.2, -0.15) is 4.31 Å². The molecule has 1 aliphatic carbocycles. The number of carbonyl (C=O) groups excluding carboxylic acids is 1. The van der Waals surface area contributed by atoms with E-state index in [1.807, 2.05) is 6.92 Å². The molecule has 1 aliphatic rings. The number of sulfonamides is 1. The molecule has 0 aliphatic heterocycles. The summed E-state index contributed by atoms with van der Waals surface area (Å²) in [5, 5.41) is 10.2. The van der Waals surface area contributed by atoms with Crippen molar-refractivity contribution in [2.24, 2.45) is 0 Å². The zero-order valence-corrected chi connectivity index (χ0v) is 22.4. The molecule has 0 bridgehead atoms. The summed E-state index contributed by atoms with van der Waals surface area (Å²) in [5.41, 5.74) is 0.726. The van der Waals surface area contributed by atoms with Crippen LogP contribution in [0.15, 0.2) is 62.7 Å². The van der Waals surface area contributed by atoms with Crippen molar-refractivity contribution in [1.29, 1.82) is 0 Å². The highest BCUT2D eigenvalue weighted by atomic mass is 32.2. The van der Waals surface area contributed by atoms with E-state index in [9.17, 15) is 21.6 Å². The van der Waals surface area contributed by atoms with Gasteiger partial charge in [-0.15, -0.1) is 5.10 Å². The van der Waals surface area contributed by atoms with Crippen LogP contribution in [-0.2, 0) is 19.9 Å². The SMILES string of the molecule is CCN(C1CCCCC1)S(=O)(=O)c1ccc(C(=O)Nc2nnc(-c3ccc(S(=O)(=O)CC)cc3)o2)cc1. The van der Waals surface area contributed by atoms with Crippen LogP contribution in [-0.4, -0.2) is 55.6 Å². The minimum atomic E-state index is -3.67. The summed E-state index contributed by atoms with van der Waals surface area (Å²) in [6, 6.07) is 11.6. The molecule has 1 heterocycles. The second-order valence-electron chi connectivity index (χ2n) is 8.82. The maximum Gasteiger partial charge on any atom is 0.322 e. The van der Waals surface area contributed by atoms with Crippen LogP contribution in [0, 0.1) is 0 Å². The Morgan fingerprint density at radius 1 is 0.919 bits per heavy atom. The predicted octanol–water partition coefficient (Wildman–Crippen LogP) is 4.13. The molecule has 37 heavy (non-hydrogen) atoms. The number of benzene rings is 2. The summed E-state index contributed by atoms with van der Waals surface area (Å²) in [6.07, 6.45) is 4.91. The molecular formula is C25H30N4O6S2. The number of amides is 1. The normalized spacial score (nSPS) is 15.1. The summed E-state index contributed by atoms with van der Waals surface area (Å²) < 4.78 is 57.5. The highest BCUT2D eigenvalue weighted by Crippen LogP contribution is 2.28. The van der Waals surface area contributed by atoms with Crippen LogP contribution >= 0.6 is 0 Å². The number of carbonyl (C=O) groups is 1. The molecule has 10 nitrogen and oxygen atoms in total. The Morgan fingerprint density at radius 2 is 1.54 bits per heavy atom. The molecule has 1 N–H and O–H groups in total. The number of nitrogens with zero attached hydrogens (tertiary/aromatic N) is 3. The van der Waals surface area contributed by atoms with Gasteiger partial charge in [0.05, 0.1) is 15.5 Å². The van der Waals surface area contributed by atoms with Gasteiger partial charge in [-0.25, -0.2) is 16.8 Å². The van der Waals surface area contributed by atoms with Crippen LogP contribution < -0.4 is 5.32 Å². The monoisotopic (exact) mass is 546 g/mol. The van der Waals surface area contributed by atoms with Gasteiger partial charge in [0.1, 0.15) is 0 Å². The molecule has 0 atom stereocenters. The number of hydrogen-bond donors (Lipinski definition) is 1. The van der Waals surface area contributed by atoms with Crippen LogP contribution in [0.2, 0.25) is 0 Å². The van der Waals surface area contributed by atoms with Crippen molar-refractivity contribution in [3.63, 3.8) is 0 Å². The third-order valence-corrected chi connectivity index (χ3v) is 10.3. The maximum atomic E-state index is 13.2. The van der Waals surface area contributed by atoms with E-state index in [4.69, 9.17) is 4.42 Å². The summed E-state index contributed by atoms with van der Waals surface area (Å²) in [5.74, 6) is -0.435. The van der Waals surface area contributed by atoms with Crippen LogP contribution in [0.3, 0.4) is 0 Å². The van der Waals surface area contributed by atoms with Gasteiger partial charge in [-0.05, 0) is 61.4 Å². The lowest BCUT2D eigenvalue weighted by molar-refractivity contribution is 0.102. The first kappa shape index (κ1) is 27.0. The first-order chi connectivity index (χ1) is 17.7. The maximum absolute atomic E-state index is 13.2. The van der Waals surface area contributed by atoms with Gasteiger partial charge < -0.3 is 4.42 Å². The lowest BCUT2D eigenvalue weighted by Crippen LogP contribution is -2.41. The largest absolute Gasteiger partial charge is 0.403 e. The molecule has 1 aromatic heterocycles. The van der Waals surface area contributed by atoms with Gasteiger partial charge in [0.25, 0.3) is 5.91 Å². The number of rotatable bonds is 9. The highest BCUT2D eigenvalue weighted by molar-refractivity contribution is 7.91. The fourth-order valence-corrected chi connectivity index (χ4v) is 7.02. The lowest BCUT2D eigenvalue weighted by atomic mass is 9.95. The van der Waals surface area contributed by atoms with E-state index < -0.39 is 25.8 Å². The summed E-state index contributed by atoms with van der Waals surface area (Å²) in [6.45, 7) is 3.81. The minimum Gasteiger partial charge on any atom is -0.403 e. The van der Waals surface area contributed by atoms with Crippen molar-refractivity contribution >= 4 is 31.8 Å². The van der Waals surface area contributed by atoms with E-state index in [1.165, 1.54) is 36.4 Å². The lowest BCUT2D eigenvalue weighted by Gasteiger charge is -2.32. The van der Waals surface area contributed by atoms with Crippen molar-refractivity contribution in [2.75, 3.05) is 17.6 Å². The zero-order valence-electron chi connectivity index (χ0n) is 20.8. The Bertz CT molecular complexity index is 1440. The summed E-state index contributed by atoms with van der Waals surface area (Å²) >= 11 is 0. The molecule has 0 spiro atoms. The van der Waals surface area contributed by atoms with Gasteiger partial charge in [0.15, 0.2) is 9.84 Å². The smallest absolute Gasteiger partial charge is 0.322 e. The first-order valence-corrected chi connectivity index (χ1v) is 15.3. The van der Waals surface area contributed by atoms with Gasteiger partial charge in [-0.3, -0.25) is 10.1 Å². The van der Waals surface area contributed by atoms with E-state index in [0.29, 0.717) is 12.1 Å². The number of nitrogens with one attached hydrogen (secondary N) is 1. The summed E-state index contributed by atoms with van der Waals surface area (Å²) in [7, 11) is -7.00. The van der Waals surface area contributed by atoms with E-state index in [1.54, 1.807) is 23.4 Å². The molecule has 0 saturated heterocycles. The Kier molecular flexibility index (Phi) is 8.10. The molecule has 0 radical (unpaired) electrons. The van der Waals surface area contributed by atoms with E-state index in [2.05, 4.69) is 15.5 Å². The fourth-order valence-electron chi connectivity index (χ4n) is 4.44. The van der Waals surface area contributed by atoms with Crippen LogP contribution in [0.25, 0.3) is 11.5 Å². The second-order valence-corrected chi connectivity index (χ2v) is 13.0. The third-order valence-electron chi connectivity index (χ3n) is 6.50. The van der Waals surface area contributed by atoms with Gasteiger partial charge in [0.2, 0.25) is 15.9 Å². The predicted molar refractivity (Wildman–Crippen MR) is 138 cm³/mol. The molecule has 1 saturated carbocycles. The molecule has 3 aromatic rings. The van der Waals surface area contributed by atoms with Crippen LogP contribution in [0.4, 0.5) is 6.01 Å². The highest BCUT2D eigenvalue weighted by Gasteiger charge is 2.31. The standard InChI is InChI=1S/C25H30N4O6S2/c1-3-29(20-8-6-5-7-9-20)37(33,34)22-16-10-18(11-17-22)23(30)26-25-28-27-24(35-25)19-12-14-21(15-13-19)36(31,32)4-2/h10-17,20H,3-9H2,1-2H3,(H,26,28,30). The minimum absolute atomic E-state index is 0.00528. The molecule has 4 rings (SSSR count). The zero-order chi connectivity index (χ0) is 26.6. The number of sulfone groups is 1. The third kappa shape index (κ3) is 5.91. The number of aromatic nitrogens is 2. The van der Waals surface area contributed by atoms with Gasteiger partial charge in [0, 0.05) is 23.7 Å². The molecule has 198 valence electrons.